The number of carbonyl (C=O) groups excluding carboxylic acids is 1. The van der Waals surface area contributed by atoms with Gasteiger partial charge in [0.2, 0.25) is 0 Å². The molecule has 0 radical (unpaired) electrons. The molecule has 2 heteroatoms. The molecule has 0 aromatic heterocycles. The monoisotopic (exact) mass is 288 g/mol. The third-order valence-corrected chi connectivity index (χ3v) is 4.50. The van der Waals surface area contributed by atoms with Crippen molar-refractivity contribution >= 4 is 5.97 Å². The molecule has 0 spiro atoms. The second-order valence-corrected chi connectivity index (χ2v) is 7.32. The van der Waals surface area contributed by atoms with Crippen LogP contribution in [0.1, 0.15) is 64.0 Å². The predicted molar refractivity (Wildman–Crippen MR) is 86.3 cm³/mol. The first kappa shape index (κ1) is 16.1. The Balaban J connectivity index is 2.15. The van der Waals surface area contributed by atoms with Crippen LogP contribution in [0.3, 0.4) is 0 Å². The van der Waals surface area contributed by atoms with E-state index in [2.05, 4.69) is 52.0 Å². The van der Waals surface area contributed by atoms with E-state index in [1.165, 1.54) is 11.1 Å². The molecule has 1 aliphatic rings. The molecule has 3 atom stereocenters. The van der Waals surface area contributed by atoms with Gasteiger partial charge in [0.15, 0.2) is 0 Å². The number of ether oxygens (including phenoxy) is 1. The van der Waals surface area contributed by atoms with Crippen molar-refractivity contribution in [1.29, 1.82) is 0 Å². The average Bonchev–Trinajstić information content (AvgIpc) is 2.63. The highest BCUT2D eigenvalue weighted by molar-refractivity contribution is 5.74. The van der Waals surface area contributed by atoms with Crippen molar-refractivity contribution in [2.24, 2.45) is 11.8 Å². The first-order valence-corrected chi connectivity index (χ1v) is 8.11. The number of cyclic esters (lactones) is 1. The minimum atomic E-state index is -0.269. The van der Waals surface area contributed by atoms with Crippen LogP contribution in [0.25, 0.3) is 0 Å². The quantitative estimate of drug-likeness (QED) is 0.723. The Morgan fingerprint density at radius 1 is 1.19 bits per heavy atom. The fourth-order valence-electron chi connectivity index (χ4n) is 3.65. The van der Waals surface area contributed by atoms with Crippen LogP contribution in [0.5, 0.6) is 0 Å². The molecule has 1 aromatic carbocycles. The van der Waals surface area contributed by atoms with Crippen LogP contribution in [0, 0.1) is 18.8 Å². The van der Waals surface area contributed by atoms with E-state index in [0.29, 0.717) is 11.8 Å². The Kier molecular flexibility index (Phi) is 4.75. The van der Waals surface area contributed by atoms with Crippen LogP contribution in [0.4, 0.5) is 0 Å². The Morgan fingerprint density at radius 2 is 1.81 bits per heavy atom. The van der Waals surface area contributed by atoms with Gasteiger partial charge in [-0.05, 0) is 37.2 Å². The molecule has 1 heterocycles. The van der Waals surface area contributed by atoms with Gasteiger partial charge in [0, 0.05) is 6.42 Å². The lowest BCUT2D eigenvalue weighted by atomic mass is 9.79. The number of hydrogen-bond donors (Lipinski definition) is 0. The van der Waals surface area contributed by atoms with Gasteiger partial charge in [0.05, 0.1) is 5.92 Å². The Hall–Kier alpha value is -1.31. The summed E-state index contributed by atoms with van der Waals surface area (Å²) in [5.41, 5.74) is 2.35. The molecule has 2 nitrogen and oxygen atoms in total. The van der Waals surface area contributed by atoms with Gasteiger partial charge in [-0.1, -0.05) is 57.5 Å². The van der Waals surface area contributed by atoms with Crippen LogP contribution in [0.2, 0.25) is 0 Å². The molecule has 1 fully saturated rings. The van der Waals surface area contributed by atoms with Gasteiger partial charge in [0.25, 0.3) is 0 Å². The highest BCUT2D eigenvalue weighted by Crippen LogP contribution is 2.42. The highest BCUT2D eigenvalue weighted by atomic mass is 16.6. The van der Waals surface area contributed by atoms with E-state index >= 15 is 0 Å². The molecule has 0 saturated carbocycles. The SMILES string of the molecule is Cc1ccc(C(C)CC2(CC(C)C)CC(C)C(=O)O2)cc1. The third-order valence-electron chi connectivity index (χ3n) is 4.50. The molecule has 0 aliphatic carbocycles. The van der Waals surface area contributed by atoms with E-state index in [1.54, 1.807) is 0 Å². The van der Waals surface area contributed by atoms with E-state index in [4.69, 9.17) is 4.74 Å². The molecule has 3 unspecified atom stereocenters. The summed E-state index contributed by atoms with van der Waals surface area (Å²) in [4.78, 5) is 11.9. The summed E-state index contributed by atoms with van der Waals surface area (Å²) in [5, 5.41) is 0. The molecule has 1 saturated heterocycles. The summed E-state index contributed by atoms with van der Waals surface area (Å²) in [7, 11) is 0. The molecular formula is C19H28O2. The lowest BCUT2D eigenvalue weighted by molar-refractivity contribution is -0.152. The van der Waals surface area contributed by atoms with Crippen molar-refractivity contribution < 1.29 is 9.53 Å². The van der Waals surface area contributed by atoms with Gasteiger partial charge in [-0.15, -0.1) is 0 Å². The van der Waals surface area contributed by atoms with Crippen molar-refractivity contribution in [3.63, 3.8) is 0 Å². The number of hydrogen-bond acceptors (Lipinski definition) is 2. The second kappa shape index (κ2) is 6.21. The van der Waals surface area contributed by atoms with E-state index < -0.39 is 0 Å². The minimum absolute atomic E-state index is 0.0215. The molecule has 1 aliphatic heterocycles. The van der Waals surface area contributed by atoms with Crippen molar-refractivity contribution in [3.05, 3.63) is 35.4 Å². The van der Waals surface area contributed by atoms with Crippen molar-refractivity contribution in [2.75, 3.05) is 0 Å². The van der Waals surface area contributed by atoms with Crippen molar-refractivity contribution in [1.82, 2.24) is 0 Å². The Bertz CT molecular complexity index is 489. The normalized spacial score (nSPS) is 27.0. The van der Waals surface area contributed by atoms with Crippen LogP contribution in [-0.2, 0) is 9.53 Å². The van der Waals surface area contributed by atoms with E-state index in [0.717, 1.165) is 19.3 Å². The fourth-order valence-corrected chi connectivity index (χ4v) is 3.65. The predicted octanol–water partition coefficient (Wildman–Crippen LogP) is 4.86. The first-order chi connectivity index (χ1) is 9.81. The Labute approximate surface area is 128 Å². The molecular weight excluding hydrogens is 260 g/mol. The summed E-state index contributed by atoms with van der Waals surface area (Å²) >= 11 is 0. The lowest BCUT2D eigenvalue weighted by Gasteiger charge is -2.32. The smallest absolute Gasteiger partial charge is 0.309 e. The van der Waals surface area contributed by atoms with Gasteiger partial charge >= 0.3 is 5.97 Å². The van der Waals surface area contributed by atoms with E-state index in [-0.39, 0.29) is 17.5 Å². The number of benzene rings is 1. The zero-order valence-electron chi connectivity index (χ0n) is 14.0. The molecule has 0 bridgehead atoms. The second-order valence-electron chi connectivity index (χ2n) is 7.32. The van der Waals surface area contributed by atoms with Gasteiger partial charge in [-0.2, -0.15) is 0 Å². The van der Waals surface area contributed by atoms with E-state index in [1.807, 2.05) is 6.92 Å². The maximum Gasteiger partial charge on any atom is 0.309 e. The van der Waals surface area contributed by atoms with Crippen LogP contribution >= 0.6 is 0 Å². The maximum absolute atomic E-state index is 11.9. The van der Waals surface area contributed by atoms with Crippen LogP contribution in [-0.4, -0.2) is 11.6 Å². The summed E-state index contributed by atoms with van der Waals surface area (Å²) in [6.45, 7) is 10.7. The van der Waals surface area contributed by atoms with Gasteiger partial charge in [-0.3, -0.25) is 4.79 Å². The largest absolute Gasteiger partial charge is 0.459 e. The summed E-state index contributed by atoms with van der Waals surface area (Å²) in [6.07, 6.45) is 2.74. The molecule has 21 heavy (non-hydrogen) atoms. The highest BCUT2D eigenvalue weighted by Gasteiger charge is 2.45. The summed E-state index contributed by atoms with van der Waals surface area (Å²) in [5.74, 6) is 0.955. The van der Waals surface area contributed by atoms with Crippen molar-refractivity contribution in [2.45, 2.75) is 65.4 Å². The maximum atomic E-state index is 11.9. The Morgan fingerprint density at radius 3 is 2.29 bits per heavy atom. The van der Waals surface area contributed by atoms with Gasteiger partial charge in [-0.25, -0.2) is 0 Å². The first-order valence-electron chi connectivity index (χ1n) is 8.11. The topological polar surface area (TPSA) is 26.3 Å². The molecule has 116 valence electrons. The minimum Gasteiger partial charge on any atom is -0.459 e. The molecule has 1 aromatic rings. The summed E-state index contributed by atoms with van der Waals surface area (Å²) < 4.78 is 5.85. The van der Waals surface area contributed by atoms with Crippen LogP contribution < -0.4 is 0 Å². The van der Waals surface area contributed by atoms with Crippen molar-refractivity contribution in [3.8, 4) is 0 Å². The van der Waals surface area contributed by atoms with Gasteiger partial charge in [0.1, 0.15) is 5.60 Å². The zero-order chi connectivity index (χ0) is 15.6. The standard InChI is InChI=1S/C19H28O2/c1-13(2)10-19(12-16(5)18(20)21-19)11-15(4)17-8-6-14(3)7-9-17/h6-9,13,15-16H,10-12H2,1-5H3. The third kappa shape index (κ3) is 3.87. The van der Waals surface area contributed by atoms with Crippen LogP contribution in [0.15, 0.2) is 24.3 Å². The lowest BCUT2D eigenvalue weighted by Crippen LogP contribution is -2.32. The number of aryl methyl sites for hydroxylation is 1. The number of rotatable bonds is 5. The number of carbonyl (C=O) groups is 1. The summed E-state index contributed by atoms with van der Waals surface area (Å²) in [6, 6.07) is 8.71. The molecule has 0 amide bonds. The number of esters is 1. The zero-order valence-corrected chi connectivity index (χ0v) is 14.0. The van der Waals surface area contributed by atoms with Gasteiger partial charge < -0.3 is 4.74 Å². The fraction of sp³-hybridized carbons (Fsp3) is 0.632. The molecule has 2 rings (SSSR count). The molecule has 0 N–H and O–H groups in total. The van der Waals surface area contributed by atoms with E-state index in [9.17, 15) is 4.79 Å². The average molecular weight is 288 g/mol.